The van der Waals surface area contributed by atoms with Gasteiger partial charge in [0.2, 0.25) is 5.95 Å². The van der Waals surface area contributed by atoms with Crippen molar-refractivity contribution in [3.8, 4) is 11.1 Å². The van der Waals surface area contributed by atoms with E-state index in [0.717, 1.165) is 43.2 Å². The first-order valence-corrected chi connectivity index (χ1v) is 12.4. The van der Waals surface area contributed by atoms with Gasteiger partial charge in [-0.15, -0.1) is 0 Å². The standard InChI is InChI=1S/C29H29FN4O/c1-18(2)34-26(35)29(33-27(34)31)24-16-21(23-8-5-15-32-25(23)30)9-10-22(24)17-28(29)13-11-19-6-3-4-7-20(19)12-14-28/h3-10,15-16,18H,11-14,17H2,1-2H3,(H2,31,33). The minimum Gasteiger partial charge on any atom is -0.369 e. The fraction of sp³-hybridized carbons (Fsp3) is 0.345. The molecule has 0 saturated heterocycles. The van der Waals surface area contributed by atoms with Crippen LogP contribution in [0.4, 0.5) is 4.39 Å². The molecule has 3 aromatic rings. The maximum atomic E-state index is 14.6. The number of hydrogen-bond donors (Lipinski definition) is 1. The highest BCUT2D eigenvalue weighted by Gasteiger charge is 2.66. The van der Waals surface area contributed by atoms with Crippen LogP contribution >= 0.6 is 0 Å². The lowest BCUT2D eigenvalue weighted by molar-refractivity contribution is -0.137. The molecule has 2 heterocycles. The van der Waals surface area contributed by atoms with Gasteiger partial charge in [0.05, 0.1) is 0 Å². The van der Waals surface area contributed by atoms with E-state index >= 15 is 0 Å². The lowest BCUT2D eigenvalue weighted by Gasteiger charge is -2.41. The van der Waals surface area contributed by atoms with Gasteiger partial charge in [0, 0.05) is 23.2 Å². The number of nitrogens with zero attached hydrogens (tertiary/aromatic N) is 3. The van der Waals surface area contributed by atoms with Crippen molar-refractivity contribution in [3.05, 3.63) is 89.0 Å². The van der Waals surface area contributed by atoms with Crippen molar-refractivity contribution in [2.75, 3.05) is 0 Å². The number of aromatic nitrogens is 1. The van der Waals surface area contributed by atoms with E-state index in [1.807, 2.05) is 32.0 Å². The summed E-state index contributed by atoms with van der Waals surface area (Å²) in [7, 11) is 0. The molecule has 178 valence electrons. The molecule has 2 spiro atoms. The van der Waals surface area contributed by atoms with Crippen molar-refractivity contribution in [3.63, 3.8) is 0 Å². The summed E-state index contributed by atoms with van der Waals surface area (Å²) in [6, 6.07) is 17.8. The van der Waals surface area contributed by atoms with Gasteiger partial charge in [0.1, 0.15) is 0 Å². The molecule has 1 aromatic heterocycles. The molecule has 1 aliphatic heterocycles. The molecule has 0 bridgehead atoms. The number of pyridine rings is 1. The van der Waals surface area contributed by atoms with Crippen LogP contribution in [0.25, 0.3) is 11.1 Å². The number of carbonyl (C=O) groups is 1. The number of amides is 1. The topological polar surface area (TPSA) is 71.6 Å². The van der Waals surface area contributed by atoms with E-state index in [4.69, 9.17) is 10.7 Å². The van der Waals surface area contributed by atoms with Gasteiger partial charge in [0.15, 0.2) is 11.5 Å². The zero-order chi connectivity index (χ0) is 24.4. The van der Waals surface area contributed by atoms with Crippen LogP contribution in [0, 0.1) is 11.4 Å². The molecular formula is C29H29FN4O. The molecule has 2 aromatic carbocycles. The van der Waals surface area contributed by atoms with Gasteiger partial charge in [-0.3, -0.25) is 9.69 Å². The van der Waals surface area contributed by atoms with Gasteiger partial charge in [-0.05, 0) is 92.0 Å². The van der Waals surface area contributed by atoms with Crippen LogP contribution in [0.2, 0.25) is 0 Å². The van der Waals surface area contributed by atoms with Crippen molar-refractivity contribution in [2.24, 2.45) is 16.1 Å². The summed E-state index contributed by atoms with van der Waals surface area (Å²) in [5.74, 6) is -0.306. The van der Waals surface area contributed by atoms with E-state index in [1.54, 1.807) is 17.0 Å². The maximum absolute atomic E-state index is 14.6. The molecule has 2 aliphatic carbocycles. The molecule has 0 radical (unpaired) electrons. The number of fused-ring (bicyclic) bond motifs is 4. The number of carbonyl (C=O) groups excluding carboxylic acids is 1. The first-order valence-electron chi connectivity index (χ1n) is 12.4. The van der Waals surface area contributed by atoms with E-state index in [2.05, 4.69) is 29.2 Å². The molecule has 6 rings (SSSR count). The third-order valence-electron chi connectivity index (χ3n) is 8.30. The van der Waals surface area contributed by atoms with Crippen LogP contribution in [0.15, 0.2) is 65.8 Å². The largest absolute Gasteiger partial charge is 0.369 e. The fourth-order valence-electron chi connectivity index (χ4n) is 6.64. The Kier molecular flexibility index (Phi) is 4.85. The van der Waals surface area contributed by atoms with Crippen LogP contribution in [-0.4, -0.2) is 27.8 Å². The molecule has 3 aliphatic rings. The highest BCUT2D eigenvalue weighted by molar-refractivity contribution is 6.09. The third-order valence-corrected chi connectivity index (χ3v) is 8.30. The van der Waals surface area contributed by atoms with Crippen LogP contribution in [-0.2, 0) is 29.6 Å². The number of aliphatic imine (C=N–C) groups is 1. The summed E-state index contributed by atoms with van der Waals surface area (Å²) in [6.45, 7) is 3.93. The highest BCUT2D eigenvalue weighted by Crippen LogP contribution is 2.61. The van der Waals surface area contributed by atoms with Gasteiger partial charge in [-0.25, -0.2) is 9.98 Å². The maximum Gasteiger partial charge on any atom is 0.262 e. The second kappa shape index (κ2) is 7.74. The molecule has 5 nitrogen and oxygen atoms in total. The van der Waals surface area contributed by atoms with Gasteiger partial charge < -0.3 is 5.73 Å². The molecule has 2 N–H and O–H groups in total. The van der Waals surface area contributed by atoms with Gasteiger partial charge in [-0.1, -0.05) is 36.4 Å². The summed E-state index contributed by atoms with van der Waals surface area (Å²) >= 11 is 0. The average Bonchev–Trinajstić information content (AvgIpc) is 3.18. The summed E-state index contributed by atoms with van der Waals surface area (Å²) < 4.78 is 14.6. The minimum atomic E-state index is -1.10. The zero-order valence-corrected chi connectivity index (χ0v) is 20.1. The Bertz CT molecular complexity index is 1350. The fourth-order valence-corrected chi connectivity index (χ4v) is 6.64. The molecule has 0 saturated carbocycles. The lowest BCUT2D eigenvalue weighted by Crippen LogP contribution is -2.52. The third kappa shape index (κ3) is 3.01. The lowest BCUT2D eigenvalue weighted by atomic mass is 9.65. The van der Waals surface area contributed by atoms with Crippen LogP contribution in [0.3, 0.4) is 0 Å². The zero-order valence-electron chi connectivity index (χ0n) is 20.1. The van der Waals surface area contributed by atoms with Gasteiger partial charge in [0.25, 0.3) is 5.91 Å². The monoisotopic (exact) mass is 468 g/mol. The first-order chi connectivity index (χ1) is 16.9. The number of guanidine groups is 1. The smallest absolute Gasteiger partial charge is 0.262 e. The van der Waals surface area contributed by atoms with Crippen LogP contribution in [0.1, 0.15) is 48.9 Å². The number of nitrogens with two attached hydrogens (primary N) is 1. The number of halogens is 1. The SMILES string of the molecule is CC(C)N1C(=O)C2(N=C1N)c1cc(-c3cccnc3F)ccc1CC21CCc2ccccc2CC1. The first kappa shape index (κ1) is 22.0. The summed E-state index contributed by atoms with van der Waals surface area (Å²) in [5.41, 5.74) is 10.7. The van der Waals surface area contributed by atoms with Crippen molar-refractivity contribution in [2.45, 2.75) is 57.5 Å². The van der Waals surface area contributed by atoms with E-state index in [1.165, 1.54) is 17.3 Å². The van der Waals surface area contributed by atoms with Crippen molar-refractivity contribution < 1.29 is 9.18 Å². The highest BCUT2D eigenvalue weighted by atomic mass is 19.1. The van der Waals surface area contributed by atoms with Crippen molar-refractivity contribution in [1.82, 2.24) is 9.88 Å². The average molecular weight is 469 g/mol. The van der Waals surface area contributed by atoms with Crippen molar-refractivity contribution >= 4 is 11.9 Å². The quantitative estimate of drug-likeness (QED) is 0.551. The van der Waals surface area contributed by atoms with E-state index in [-0.39, 0.29) is 17.9 Å². The van der Waals surface area contributed by atoms with E-state index < -0.39 is 16.9 Å². The Morgan fingerprint density at radius 2 is 1.71 bits per heavy atom. The number of benzene rings is 2. The van der Waals surface area contributed by atoms with Crippen LogP contribution < -0.4 is 5.73 Å². The van der Waals surface area contributed by atoms with E-state index in [0.29, 0.717) is 11.1 Å². The Morgan fingerprint density at radius 1 is 1.00 bits per heavy atom. The Hall–Kier alpha value is -3.54. The second-order valence-electron chi connectivity index (χ2n) is 10.4. The number of aryl methyl sites for hydroxylation is 2. The summed E-state index contributed by atoms with van der Waals surface area (Å²) in [6.07, 6.45) is 5.65. The molecule has 6 heteroatoms. The Labute approximate surface area is 204 Å². The molecule has 35 heavy (non-hydrogen) atoms. The molecule has 0 fully saturated rings. The predicted molar refractivity (Wildman–Crippen MR) is 134 cm³/mol. The normalized spacial score (nSPS) is 22.5. The Balaban J connectivity index is 1.55. The van der Waals surface area contributed by atoms with Gasteiger partial charge in [-0.2, -0.15) is 4.39 Å². The number of hydrogen-bond acceptors (Lipinski definition) is 4. The summed E-state index contributed by atoms with van der Waals surface area (Å²) in [5, 5.41) is 0. The van der Waals surface area contributed by atoms with Crippen LogP contribution in [0.5, 0.6) is 0 Å². The Morgan fingerprint density at radius 3 is 2.34 bits per heavy atom. The second-order valence-corrected chi connectivity index (χ2v) is 10.4. The van der Waals surface area contributed by atoms with Gasteiger partial charge >= 0.3 is 0 Å². The predicted octanol–water partition coefficient (Wildman–Crippen LogP) is 4.77. The molecule has 1 amide bonds. The molecule has 1 unspecified atom stereocenters. The summed E-state index contributed by atoms with van der Waals surface area (Å²) in [4.78, 5) is 24.9. The molecular weight excluding hydrogens is 439 g/mol. The minimum absolute atomic E-state index is 0.0569. The van der Waals surface area contributed by atoms with E-state index in [9.17, 15) is 9.18 Å². The molecule has 1 atom stereocenters. The van der Waals surface area contributed by atoms with Crippen molar-refractivity contribution in [1.29, 1.82) is 0 Å². The number of rotatable bonds is 2.